The molecule has 2 heteroatoms. The Hall–Kier alpha value is -6.38. The van der Waals surface area contributed by atoms with E-state index in [9.17, 15) is 0 Å². The molecule has 0 aromatic heterocycles. The van der Waals surface area contributed by atoms with E-state index in [4.69, 9.17) is 4.74 Å². The van der Waals surface area contributed by atoms with Crippen molar-refractivity contribution in [3.05, 3.63) is 216 Å². The molecule has 1 aliphatic heterocycles. The summed E-state index contributed by atoms with van der Waals surface area (Å²) in [5.41, 5.74) is 15.1. The lowest BCUT2D eigenvalue weighted by Crippen LogP contribution is -2.32. The smallest absolute Gasteiger partial charge is 0.132 e. The van der Waals surface area contributed by atoms with E-state index in [1.54, 1.807) is 0 Å². The third-order valence-corrected chi connectivity index (χ3v) is 10.7. The molecule has 2 nitrogen and oxygen atoms in total. The maximum atomic E-state index is 6.78. The van der Waals surface area contributed by atoms with Crippen LogP contribution >= 0.6 is 0 Å². The van der Waals surface area contributed by atoms with Gasteiger partial charge in [-0.05, 0) is 106 Å². The van der Waals surface area contributed by atoms with E-state index in [-0.39, 0.29) is 0 Å². The summed E-state index contributed by atoms with van der Waals surface area (Å²) >= 11 is 0. The maximum absolute atomic E-state index is 6.78. The van der Waals surface area contributed by atoms with Crippen LogP contribution in [-0.4, -0.2) is 0 Å². The van der Waals surface area contributed by atoms with Crippen molar-refractivity contribution in [2.45, 2.75) is 18.3 Å². The van der Waals surface area contributed by atoms with Gasteiger partial charge in [-0.2, -0.15) is 0 Å². The third-order valence-electron chi connectivity index (χ3n) is 10.7. The van der Waals surface area contributed by atoms with Gasteiger partial charge in [0.05, 0.1) is 5.41 Å². The summed E-state index contributed by atoms with van der Waals surface area (Å²) in [6.45, 7) is 0. The number of hydrogen-bond donors (Lipinski definition) is 0. The summed E-state index contributed by atoms with van der Waals surface area (Å²) in [5.74, 6) is 1.80. The molecule has 3 aliphatic rings. The fraction of sp³-hybridized carbons (Fsp3) is 0.0612. The normalized spacial score (nSPS) is 16.4. The van der Waals surface area contributed by atoms with Crippen LogP contribution in [0.1, 0.15) is 40.7 Å². The minimum absolute atomic E-state index is 0.527. The van der Waals surface area contributed by atoms with Gasteiger partial charge in [-0.15, -0.1) is 0 Å². The van der Waals surface area contributed by atoms with Gasteiger partial charge in [0.25, 0.3) is 0 Å². The fourth-order valence-corrected chi connectivity index (χ4v) is 8.52. The minimum Gasteiger partial charge on any atom is -0.457 e. The number of allylic oxidation sites excluding steroid dienone is 4. The Morgan fingerprint density at radius 2 is 1.10 bits per heavy atom. The topological polar surface area (TPSA) is 12.5 Å². The first-order valence-corrected chi connectivity index (χ1v) is 17.8. The van der Waals surface area contributed by atoms with Crippen LogP contribution in [0.25, 0.3) is 27.8 Å². The van der Waals surface area contributed by atoms with Crippen LogP contribution in [0.2, 0.25) is 0 Å². The highest BCUT2D eigenvalue weighted by Gasteiger charge is 2.51. The molecule has 1 heterocycles. The molecule has 0 amide bonds. The highest BCUT2D eigenvalue weighted by molar-refractivity contribution is 5.92. The van der Waals surface area contributed by atoms with Crippen molar-refractivity contribution < 1.29 is 4.74 Å². The van der Waals surface area contributed by atoms with Gasteiger partial charge in [0.1, 0.15) is 11.5 Å². The summed E-state index contributed by atoms with van der Waals surface area (Å²) in [5, 5.41) is 0. The highest BCUT2D eigenvalue weighted by atomic mass is 16.5. The Morgan fingerprint density at radius 3 is 1.94 bits per heavy atom. The molecular formula is C49H35NO. The van der Waals surface area contributed by atoms with Gasteiger partial charge < -0.3 is 9.64 Å². The van der Waals surface area contributed by atoms with Gasteiger partial charge in [0.15, 0.2) is 0 Å². The van der Waals surface area contributed by atoms with Crippen LogP contribution < -0.4 is 9.64 Å². The standard InChI is InChI=1S/C49H35NO/c1-4-15-34(16-5-1)36-19-14-22-39(31-36)50(38-20-8-3-9-21-38)40-28-30-44-42(33-40)41-23-10-11-24-43(41)49(44)45-25-12-13-26-47(45)51-48-32-37(27-29-46(48)49)35-17-6-2-7-18-35/h2-4,6-33H,1,5H2. The zero-order chi connectivity index (χ0) is 33.8. The molecule has 7 aromatic rings. The van der Waals surface area contributed by atoms with Crippen LogP contribution in [0.3, 0.4) is 0 Å². The second-order valence-corrected chi connectivity index (χ2v) is 13.6. The Kier molecular flexibility index (Phi) is 6.89. The number of fused-ring (bicyclic) bond motifs is 9. The second-order valence-electron chi connectivity index (χ2n) is 13.6. The van der Waals surface area contributed by atoms with Gasteiger partial charge in [-0.3, -0.25) is 0 Å². The molecule has 7 aromatic carbocycles. The molecule has 1 unspecified atom stereocenters. The minimum atomic E-state index is -0.527. The molecule has 2 aliphatic carbocycles. The first-order chi connectivity index (χ1) is 25.3. The molecule has 51 heavy (non-hydrogen) atoms. The molecule has 0 saturated carbocycles. The lowest BCUT2D eigenvalue weighted by molar-refractivity contribution is 0.436. The van der Waals surface area contributed by atoms with Gasteiger partial charge >= 0.3 is 0 Å². The number of anilines is 3. The second kappa shape index (κ2) is 11.9. The maximum Gasteiger partial charge on any atom is 0.132 e. The summed E-state index contributed by atoms with van der Waals surface area (Å²) in [6, 6.07) is 61.6. The quantitative estimate of drug-likeness (QED) is 0.183. The first kappa shape index (κ1) is 29.5. The number of benzene rings is 7. The Balaban J connectivity index is 1.19. The van der Waals surface area contributed by atoms with E-state index in [2.05, 4.69) is 193 Å². The molecule has 1 spiro atoms. The zero-order valence-corrected chi connectivity index (χ0v) is 28.2. The van der Waals surface area contributed by atoms with Crippen molar-refractivity contribution in [2.24, 2.45) is 0 Å². The van der Waals surface area contributed by atoms with Crippen molar-refractivity contribution in [2.75, 3.05) is 4.90 Å². The van der Waals surface area contributed by atoms with Crippen molar-refractivity contribution in [3.63, 3.8) is 0 Å². The van der Waals surface area contributed by atoms with Crippen molar-refractivity contribution in [1.29, 1.82) is 0 Å². The summed E-state index contributed by atoms with van der Waals surface area (Å²) < 4.78 is 6.78. The molecule has 0 fully saturated rings. The Morgan fingerprint density at radius 1 is 0.431 bits per heavy atom. The van der Waals surface area contributed by atoms with Gasteiger partial charge in [-0.25, -0.2) is 0 Å². The summed E-state index contributed by atoms with van der Waals surface area (Å²) in [7, 11) is 0. The number of rotatable bonds is 5. The molecule has 242 valence electrons. The van der Waals surface area contributed by atoms with Crippen molar-refractivity contribution >= 4 is 22.6 Å². The number of hydrogen-bond acceptors (Lipinski definition) is 2. The van der Waals surface area contributed by atoms with Crippen LogP contribution in [-0.2, 0) is 5.41 Å². The van der Waals surface area contributed by atoms with Crippen LogP contribution in [0.15, 0.2) is 188 Å². The van der Waals surface area contributed by atoms with E-state index >= 15 is 0 Å². The van der Waals surface area contributed by atoms with Gasteiger partial charge in [0, 0.05) is 28.2 Å². The largest absolute Gasteiger partial charge is 0.457 e. The number of ether oxygens (including phenoxy) is 1. The summed E-state index contributed by atoms with van der Waals surface area (Å²) in [6.07, 6.45) is 9.07. The Labute approximate surface area is 299 Å². The predicted octanol–water partition coefficient (Wildman–Crippen LogP) is 13.0. The van der Waals surface area contributed by atoms with Crippen LogP contribution in [0, 0.1) is 0 Å². The molecule has 10 rings (SSSR count). The van der Waals surface area contributed by atoms with E-state index in [1.165, 1.54) is 50.1 Å². The lowest BCUT2D eigenvalue weighted by atomic mass is 9.66. The van der Waals surface area contributed by atoms with Crippen molar-refractivity contribution in [1.82, 2.24) is 0 Å². The van der Waals surface area contributed by atoms with E-state index in [1.807, 2.05) is 0 Å². The van der Waals surface area contributed by atoms with Gasteiger partial charge in [-0.1, -0.05) is 140 Å². The van der Waals surface area contributed by atoms with E-state index in [0.29, 0.717) is 0 Å². The molecule has 0 bridgehead atoms. The SMILES string of the molecule is C1=CC(c2cccc(N(c3ccccc3)c3ccc4c(c3)-c3ccccc3C43c4ccccc4Oc4cc(-c5ccccc5)ccc43)c2)=CCC1. The number of nitrogens with zero attached hydrogens (tertiary/aromatic N) is 1. The van der Waals surface area contributed by atoms with Crippen LogP contribution in [0.4, 0.5) is 17.1 Å². The molecular weight excluding hydrogens is 619 g/mol. The van der Waals surface area contributed by atoms with Gasteiger partial charge in [0.2, 0.25) is 0 Å². The van der Waals surface area contributed by atoms with E-state index < -0.39 is 5.41 Å². The molecule has 0 saturated heterocycles. The predicted molar refractivity (Wildman–Crippen MR) is 210 cm³/mol. The average Bonchev–Trinajstić information content (AvgIpc) is 3.49. The van der Waals surface area contributed by atoms with Crippen LogP contribution in [0.5, 0.6) is 11.5 Å². The molecule has 1 atom stereocenters. The monoisotopic (exact) mass is 653 g/mol. The van der Waals surface area contributed by atoms with Crippen molar-refractivity contribution in [3.8, 4) is 33.8 Å². The fourth-order valence-electron chi connectivity index (χ4n) is 8.52. The first-order valence-electron chi connectivity index (χ1n) is 17.8. The third kappa shape index (κ3) is 4.64. The Bertz CT molecular complexity index is 2510. The molecule has 0 N–H and O–H groups in total. The summed E-state index contributed by atoms with van der Waals surface area (Å²) in [4.78, 5) is 2.39. The zero-order valence-electron chi connectivity index (χ0n) is 28.2. The lowest BCUT2D eigenvalue weighted by Gasteiger charge is -2.39. The highest BCUT2D eigenvalue weighted by Crippen LogP contribution is 2.62. The van der Waals surface area contributed by atoms with E-state index in [0.717, 1.165) is 47.0 Å². The average molecular weight is 654 g/mol. The molecule has 0 radical (unpaired) electrons. The number of para-hydroxylation sites is 2.